The third kappa shape index (κ3) is 3.38. The van der Waals surface area contributed by atoms with Crippen LogP contribution < -0.4 is 5.32 Å². The number of benzene rings is 6. The SMILES string of the molecule is CC1(C)c2ccccc2-c2ccc(Nc3cccc(-c4cccc5c4sc4c6ccccc6ccc54)c3)cc21. The molecule has 39 heavy (non-hydrogen) atoms. The van der Waals surface area contributed by atoms with Crippen LogP contribution in [0.2, 0.25) is 0 Å². The van der Waals surface area contributed by atoms with Gasteiger partial charge in [0.05, 0.1) is 0 Å². The lowest BCUT2D eigenvalue weighted by Gasteiger charge is -2.22. The van der Waals surface area contributed by atoms with E-state index in [9.17, 15) is 0 Å². The quantitative estimate of drug-likeness (QED) is 0.246. The third-order valence-electron chi connectivity index (χ3n) is 8.43. The molecule has 0 fully saturated rings. The molecular weight excluding hydrogens is 490 g/mol. The molecule has 0 bridgehead atoms. The Morgan fingerprint density at radius 1 is 0.513 bits per heavy atom. The largest absolute Gasteiger partial charge is 0.356 e. The highest BCUT2D eigenvalue weighted by Crippen LogP contribution is 2.49. The van der Waals surface area contributed by atoms with Gasteiger partial charge >= 0.3 is 0 Å². The molecule has 2 heteroatoms. The predicted molar refractivity (Wildman–Crippen MR) is 170 cm³/mol. The Balaban J connectivity index is 1.20. The van der Waals surface area contributed by atoms with Gasteiger partial charge in [-0.3, -0.25) is 0 Å². The molecule has 0 spiro atoms. The predicted octanol–water partition coefficient (Wildman–Crippen LogP) is 10.9. The molecule has 7 aromatic rings. The van der Waals surface area contributed by atoms with Gasteiger partial charge in [0.1, 0.15) is 0 Å². The molecule has 1 aliphatic carbocycles. The summed E-state index contributed by atoms with van der Waals surface area (Å²) in [4.78, 5) is 0. The molecule has 0 amide bonds. The number of thiophene rings is 1. The average Bonchev–Trinajstić information content (AvgIpc) is 3.46. The normalized spacial score (nSPS) is 13.6. The molecule has 1 N–H and O–H groups in total. The zero-order valence-electron chi connectivity index (χ0n) is 22.0. The molecule has 1 heterocycles. The van der Waals surface area contributed by atoms with Gasteiger partial charge in [0.25, 0.3) is 0 Å². The van der Waals surface area contributed by atoms with E-state index < -0.39 is 0 Å². The van der Waals surface area contributed by atoms with Crippen molar-refractivity contribution in [2.45, 2.75) is 19.3 Å². The zero-order valence-corrected chi connectivity index (χ0v) is 22.8. The van der Waals surface area contributed by atoms with Gasteiger partial charge in [0.15, 0.2) is 0 Å². The second-order valence-electron chi connectivity index (χ2n) is 11.1. The fourth-order valence-electron chi connectivity index (χ4n) is 6.47. The van der Waals surface area contributed by atoms with Crippen LogP contribution in [0.4, 0.5) is 11.4 Å². The van der Waals surface area contributed by atoms with Crippen molar-refractivity contribution in [3.05, 3.63) is 132 Å². The van der Waals surface area contributed by atoms with Crippen LogP contribution in [-0.2, 0) is 5.41 Å². The Morgan fingerprint density at radius 3 is 2.18 bits per heavy atom. The number of rotatable bonds is 3. The molecule has 1 aromatic heterocycles. The Bertz CT molecular complexity index is 2080. The summed E-state index contributed by atoms with van der Waals surface area (Å²) in [6.07, 6.45) is 0. The van der Waals surface area contributed by atoms with Crippen LogP contribution in [0.3, 0.4) is 0 Å². The molecule has 1 nitrogen and oxygen atoms in total. The first kappa shape index (κ1) is 22.6. The van der Waals surface area contributed by atoms with E-state index in [0.717, 1.165) is 11.4 Å². The standard InChI is InChI=1S/C37H27NS/c1-37(2)33-16-6-5-13-29(33)30-20-18-26(22-34(30)37)38-25-11-7-10-24(21-25)28-14-8-15-31-32-19-17-23-9-3-4-12-27(23)35(32)39-36(28)31/h3-22,38H,1-2H3. The Morgan fingerprint density at radius 2 is 1.23 bits per heavy atom. The summed E-state index contributed by atoms with van der Waals surface area (Å²) in [5, 5.41) is 9.01. The van der Waals surface area contributed by atoms with E-state index >= 15 is 0 Å². The fraction of sp³-hybridized carbons (Fsp3) is 0.0811. The van der Waals surface area contributed by atoms with Crippen molar-refractivity contribution in [2.75, 3.05) is 5.32 Å². The second-order valence-corrected chi connectivity index (χ2v) is 12.1. The van der Waals surface area contributed by atoms with E-state index in [4.69, 9.17) is 0 Å². The van der Waals surface area contributed by atoms with E-state index in [1.165, 1.54) is 64.3 Å². The summed E-state index contributed by atoms with van der Waals surface area (Å²) in [6, 6.07) is 44.4. The van der Waals surface area contributed by atoms with Crippen molar-refractivity contribution >= 4 is 53.7 Å². The molecule has 0 radical (unpaired) electrons. The highest BCUT2D eigenvalue weighted by Gasteiger charge is 2.35. The molecule has 0 aliphatic heterocycles. The van der Waals surface area contributed by atoms with E-state index in [2.05, 4.69) is 140 Å². The maximum absolute atomic E-state index is 3.71. The number of hydrogen-bond donors (Lipinski definition) is 1. The minimum Gasteiger partial charge on any atom is -0.356 e. The van der Waals surface area contributed by atoms with Gasteiger partial charge in [-0.15, -0.1) is 11.3 Å². The summed E-state index contributed by atoms with van der Waals surface area (Å²) in [6.45, 7) is 4.66. The van der Waals surface area contributed by atoms with Crippen molar-refractivity contribution in [3.8, 4) is 22.3 Å². The van der Waals surface area contributed by atoms with Gasteiger partial charge < -0.3 is 5.32 Å². The first-order valence-electron chi connectivity index (χ1n) is 13.5. The van der Waals surface area contributed by atoms with Crippen LogP contribution in [0.15, 0.2) is 121 Å². The molecule has 0 unspecified atom stereocenters. The van der Waals surface area contributed by atoms with Crippen molar-refractivity contribution in [3.63, 3.8) is 0 Å². The number of nitrogens with one attached hydrogen (secondary N) is 1. The van der Waals surface area contributed by atoms with Crippen LogP contribution in [0.5, 0.6) is 0 Å². The summed E-state index contributed by atoms with van der Waals surface area (Å²) in [5.41, 5.74) is 10.2. The number of hydrogen-bond acceptors (Lipinski definition) is 2. The van der Waals surface area contributed by atoms with Crippen LogP contribution in [-0.4, -0.2) is 0 Å². The van der Waals surface area contributed by atoms with Gasteiger partial charge in [0, 0.05) is 37.0 Å². The lowest BCUT2D eigenvalue weighted by Crippen LogP contribution is -2.15. The van der Waals surface area contributed by atoms with Gasteiger partial charge in [-0.25, -0.2) is 0 Å². The maximum atomic E-state index is 3.71. The highest BCUT2D eigenvalue weighted by atomic mass is 32.1. The van der Waals surface area contributed by atoms with Crippen LogP contribution >= 0.6 is 11.3 Å². The molecule has 0 atom stereocenters. The summed E-state index contributed by atoms with van der Waals surface area (Å²) >= 11 is 1.91. The van der Waals surface area contributed by atoms with Crippen LogP contribution in [0, 0.1) is 0 Å². The fourth-order valence-corrected chi connectivity index (χ4v) is 7.84. The number of anilines is 2. The first-order chi connectivity index (χ1) is 19.1. The van der Waals surface area contributed by atoms with Crippen molar-refractivity contribution in [2.24, 2.45) is 0 Å². The van der Waals surface area contributed by atoms with Crippen LogP contribution in [0.25, 0.3) is 53.2 Å². The van der Waals surface area contributed by atoms with E-state index in [-0.39, 0.29) is 5.41 Å². The monoisotopic (exact) mass is 517 g/mol. The molecule has 1 aliphatic rings. The van der Waals surface area contributed by atoms with E-state index in [0.29, 0.717) is 0 Å². The van der Waals surface area contributed by atoms with E-state index in [1.807, 2.05) is 11.3 Å². The van der Waals surface area contributed by atoms with Gasteiger partial charge in [-0.1, -0.05) is 111 Å². The molecule has 8 rings (SSSR count). The molecule has 6 aromatic carbocycles. The molecule has 0 saturated carbocycles. The minimum atomic E-state index is -0.00748. The summed E-state index contributed by atoms with van der Waals surface area (Å²) < 4.78 is 2.71. The zero-order chi connectivity index (χ0) is 26.1. The maximum Gasteiger partial charge on any atom is 0.0434 e. The summed E-state index contributed by atoms with van der Waals surface area (Å²) in [5.74, 6) is 0. The van der Waals surface area contributed by atoms with Crippen molar-refractivity contribution in [1.29, 1.82) is 0 Å². The Hall–Kier alpha value is -4.40. The van der Waals surface area contributed by atoms with Crippen molar-refractivity contribution in [1.82, 2.24) is 0 Å². The number of fused-ring (bicyclic) bond motifs is 8. The Labute approximate surface area is 232 Å². The van der Waals surface area contributed by atoms with Gasteiger partial charge in [-0.05, 0) is 68.4 Å². The lowest BCUT2D eigenvalue weighted by atomic mass is 9.82. The van der Waals surface area contributed by atoms with Gasteiger partial charge in [-0.2, -0.15) is 0 Å². The molecule has 0 saturated heterocycles. The van der Waals surface area contributed by atoms with Crippen LogP contribution in [0.1, 0.15) is 25.0 Å². The summed E-state index contributed by atoms with van der Waals surface area (Å²) in [7, 11) is 0. The topological polar surface area (TPSA) is 12.0 Å². The van der Waals surface area contributed by atoms with E-state index in [1.54, 1.807) is 0 Å². The first-order valence-corrected chi connectivity index (χ1v) is 14.3. The minimum absolute atomic E-state index is 0.00748. The third-order valence-corrected chi connectivity index (χ3v) is 9.72. The second kappa shape index (κ2) is 8.30. The molecular formula is C37H27NS. The van der Waals surface area contributed by atoms with Crippen molar-refractivity contribution < 1.29 is 0 Å². The smallest absolute Gasteiger partial charge is 0.0434 e. The lowest BCUT2D eigenvalue weighted by molar-refractivity contribution is 0.660. The van der Waals surface area contributed by atoms with Gasteiger partial charge in [0.2, 0.25) is 0 Å². The highest BCUT2D eigenvalue weighted by molar-refractivity contribution is 7.27. The average molecular weight is 518 g/mol. The Kier molecular flexibility index (Phi) is 4.80. The molecule has 186 valence electrons.